The van der Waals surface area contributed by atoms with Crippen molar-refractivity contribution in [3.63, 3.8) is 0 Å². The van der Waals surface area contributed by atoms with Crippen LogP contribution >= 0.6 is 43.2 Å². The number of hydrogen-bond donors (Lipinski definition) is 0. The highest BCUT2D eigenvalue weighted by atomic mass is 79.9. The number of furan rings is 1. The number of thiazole rings is 1. The van der Waals surface area contributed by atoms with Crippen LogP contribution in [0.1, 0.15) is 29.9 Å². The second kappa shape index (κ2) is 10.1. The number of nitrogens with zero attached hydrogens (tertiary/aromatic N) is 2. The van der Waals surface area contributed by atoms with E-state index in [9.17, 15) is 14.0 Å². The summed E-state index contributed by atoms with van der Waals surface area (Å²) in [5.74, 6) is -0.557. The number of benzene rings is 2. The van der Waals surface area contributed by atoms with Gasteiger partial charge in [0.05, 0.1) is 32.9 Å². The summed E-state index contributed by atoms with van der Waals surface area (Å²) in [4.78, 5) is 32.2. The normalized spacial score (nSPS) is 15.6. The summed E-state index contributed by atoms with van der Waals surface area (Å²) in [5.41, 5.74) is 1.51. The molecule has 1 aliphatic rings. The van der Waals surface area contributed by atoms with Gasteiger partial charge in [0.25, 0.3) is 5.56 Å². The van der Waals surface area contributed by atoms with E-state index in [4.69, 9.17) is 14.1 Å². The van der Waals surface area contributed by atoms with Crippen LogP contribution in [0.15, 0.2) is 89.6 Å². The average Bonchev–Trinajstić information content (AvgIpc) is 3.36. The highest BCUT2D eigenvalue weighted by Crippen LogP contribution is 2.35. The monoisotopic (exact) mass is 630 g/mol. The zero-order chi connectivity index (χ0) is 25.4. The van der Waals surface area contributed by atoms with Crippen LogP contribution in [0.5, 0.6) is 0 Å². The van der Waals surface area contributed by atoms with Crippen molar-refractivity contribution in [3.05, 3.63) is 118 Å². The van der Waals surface area contributed by atoms with Gasteiger partial charge in [0.15, 0.2) is 9.47 Å². The number of rotatable bonds is 5. The lowest BCUT2D eigenvalue weighted by Gasteiger charge is -2.25. The van der Waals surface area contributed by atoms with E-state index in [1.165, 1.54) is 28.0 Å². The highest BCUT2D eigenvalue weighted by Gasteiger charge is 2.35. The third kappa shape index (κ3) is 4.56. The molecule has 0 saturated carbocycles. The quantitative estimate of drug-likeness (QED) is 0.284. The fourth-order valence-electron chi connectivity index (χ4n) is 3.96. The molecule has 4 aromatic rings. The van der Waals surface area contributed by atoms with Crippen molar-refractivity contribution >= 4 is 60.9 Å². The Bertz CT molecular complexity index is 1650. The molecule has 0 amide bonds. The number of esters is 1. The van der Waals surface area contributed by atoms with Gasteiger partial charge in [-0.25, -0.2) is 14.2 Å². The number of fused-ring (bicyclic) bond motifs is 1. The molecule has 0 unspecified atom stereocenters. The summed E-state index contributed by atoms with van der Waals surface area (Å²) >= 11 is 7.85. The van der Waals surface area contributed by atoms with Crippen LogP contribution in [0.3, 0.4) is 0 Å². The van der Waals surface area contributed by atoms with Crippen molar-refractivity contribution in [1.82, 2.24) is 4.57 Å². The molecule has 1 aliphatic heterocycles. The second-order valence-electron chi connectivity index (χ2n) is 7.75. The lowest BCUT2D eigenvalue weighted by Crippen LogP contribution is -2.40. The SMILES string of the molecule is CCOC(=O)C1=C(c2ccccc2)N=c2s/c(=C/c3cc(Br)c(Br)o3)c(=O)n2[C@@H]1c1ccc(F)cc1. The highest BCUT2D eigenvalue weighted by molar-refractivity contribution is 9.13. The number of carbonyl (C=O) groups is 1. The van der Waals surface area contributed by atoms with Gasteiger partial charge in [0.1, 0.15) is 11.6 Å². The molecule has 5 rings (SSSR count). The summed E-state index contributed by atoms with van der Waals surface area (Å²) < 4.78 is 27.9. The van der Waals surface area contributed by atoms with Crippen LogP contribution in [-0.4, -0.2) is 17.1 Å². The Kier molecular flexibility index (Phi) is 6.92. The van der Waals surface area contributed by atoms with Crippen molar-refractivity contribution in [2.24, 2.45) is 4.99 Å². The maximum Gasteiger partial charge on any atom is 0.338 e. The first kappa shape index (κ1) is 24.6. The lowest BCUT2D eigenvalue weighted by molar-refractivity contribution is -0.138. The molecule has 0 saturated heterocycles. The Labute approximate surface area is 225 Å². The van der Waals surface area contributed by atoms with Crippen LogP contribution in [0.2, 0.25) is 0 Å². The van der Waals surface area contributed by atoms with Crippen molar-refractivity contribution in [1.29, 1.82) is 0 Å². The van der Waals surface area contributed by atoms with Crippen molar-refractivity contribution in [3.8, 4) is 0 Å². The van der Waals surface area contributed by atoms with Crippen molar-refractivity contribution in [2.45, 2.75) is 13.0 Å². The molecule has 36 heavy (non-hydrogen) atoms. The fourth-order valence-corrected chi connectivity index (χ4v) is 5.55. The number of hydrogen-bond acceptors (Lipinski definition) is 6. The maximum absolute atomic E-state index is 13.8. The van der Waals surface area contributed by atoms with Crippen molar-refractivity contribution in [2.75, 3.05) is 6.61 Å². The predicted molar refractivity (Wildman–Crippen MR) is 142 cm³/mol. The van der Waals surface area contributed by atoms with Crippen LogP contribution < -0.4 is 14.9 Å². The van der Waals surface area contributed by atoms with Gasteiger partial charge < -0.3 is 9.15 Å². The molecule has 2 aromatic carbocycles. The van der Waals surface area contributed by atoms with Gasteiger partial charge in [0.2, 0.25) is 0 Å². The van der Waals surface area contributed by atoms with Crippen LogP contribution in [0.25, 0.3) is 11.8 Å². The molecule has 3 heterocycles. The number of ether oxygens (including phenoxy) is 1. The van der Waals surface area contributed by atoms with E-state index in [-0.39, 0.29) is 17.7 Å². The summed E-state index contributed by atoms with van der Waals surface area (Å²) in [6.45, 7) is 1.86. The maximum atomic E-state index is 13.8. The summed E-state index contributed by atoms with van der Waals surface area (Å²) in [7, 11) is 0. The van der Waals surface area contributed by atoms with Gasteiger partial charge in [-0.2, -0.15) is 0 Å². The molecule has 10 heteroatoms. The first-order valence-electron chi connectivity index (χ1n) is 10.9. The van der Waals surface area contributed by atoms with E-state index in [0.29, 0.717) is 41.1 Å². The minimum absolute atomic E-state index is 0.146. The third-order valence-electron chi connectivity index (χ3n) is 5.50. The average molecular weight is 632 g/mol. The molecule has 2 aromatic heterocycles. The predicted octanol–water partition coefficient (Wildman–Crippen LogP) is 5.19. The topological polar surface area (TPSA) is 73.8 Å². The molecular formula is C26H17Br2FN2O4S. The van der Waals surface area contributed by atoms with Gasteiger partial charge in [0, 0.05) is 11.6 Å². The third-order valence-corrected chi connectivity index (χ3v) is 8.19. The molecule has 0 fully saturated rings. The molecule has 182 valence electrons. The Morgan fingerprint density at radius 3 is 2.56 bits per heavy atom. The van der Waals surface area contributed by atoms with Crippen LogP contribution in [0, 0.1) is 5.82 Å². The fraction of sp³-hybridized carbons (Fsp3) is 0.115. The van der Waals surface area contributed by atoms with Gasteiger partial charge in [-0.1, -0.05) is 53.8 Å². The number of halogens is 3. The summed E-state index contributed by atoms with van der Waals surface area (Å²) in [6.07, 6.45) is 1.62. The van der Waals surface area contributed by atoms with Crippen LogP contribution in [0.4, 0.5) is 4.39 Å². The Hall–Kier alpha value is -3.08. The van der Waals surface area contributed by atoms with Crippen LogP contribution in [-0.2, 0) is 9.53 Å². The lowest BCUT2D eigenvalue weighted by atomic mass is 9.93. The molecule has 0 spiro atoms. The molecule has 0 radical (unpaired) electrons. The summed E-state index contributed by atoms with van der Waals surface area (Å²) in [5, 5.41) is 0. The molecule has 0 N–H and O–H groups in total. The smallest absolute Gasteiger partial charge is 0.338 e. The van der Waals surface area contributed by atoms with Gasteiger partial charge in [-0.05, 0) is 62.5 Å². The number of carbonyl (C=O) groups excluding carboxylic acids is 1. The van der Waals surface area contributed by atoms with E-state index < -0.39 is 17.8 Å². The Morgan fingerprint density at radius 2 is 1.92 bits per heavy atom. The zero-order valence-electron chi connectivity index (χ0n) is 18.7. The first-order chi connectivity index (χ1) is 17.4. The van der Waals surface area contributed by atoms with E-state index in [1.807, 2.05) is 30.3 Å². The minimum atomic E-state index is -0.867. The second-order valence-corrected chi connectivity index (χ2v) is 10.3. The first-order valence-corrected chi connectivity index (χ1v) is 13.3. The van der Waals surface area contributed by atoms with Gasteiger partial charge >= 0.3 is 5.97 Å². The minimum Gasteiger partial charge on any atom is -0.463 e. The van der Waals surface area contributed by atoms with E-state index in [0.717, 1.165) is 0 Å². The van der Waals surface area contributed by atoms with Gasteiger partial charge in [-0.3, -0.25) is 9.36 Å². The molecular weight excluding hydrogens is 615 g/mol. The largest absolute Gasteiger partial charge is 0.463 e. The van der Waals surface area contributed by atoms with Crippen molar-refractivity contribution < 1.29 is 18.3 Å². The van der Waals surface area contributed by atoms with E-state index in [2.05, 4.69) is 31.9 Å². The standard InChI is InChI=1S/C26H17Br2FN2O4S/c1-2-34-25(33)20-21(14-6-4-3-5-7-14)30-26-31(22(20)15-8-10-16(29)11-9-15)24(32)19(36-26)13-17-12-18(27)23(28)35-17/h3-13,22H,2H2,1H3/b19-13+/t22-/m1/s1. The zero-order valence-corrected chi connectivity index (χ0v) is 22.7. The Balaban J connectivity index is 1.83. The molecule has 6 nitrogen and oxygen atoms in total. The molecule has 0 bridgehead atoms. The molecule has 1 atom stereocenters. The number of aromatic nitrogens is 1. The van der Waals surface area contributed by atoms with E-state index >= 15 is 0 Å². The Morgan fingerprint density at radius 1 is 1.19 bits per heavy atom. The summed E-state index contributed by atoms with van der Waals surface area (Å²) in [6, 6.07) is 15.8. The van der Waals surface area contributed by atoms with E-state index in [1.54, 1.807) is 31.2 Å². The van der Waals surface area contributed by atoms with Gasteiger partial charge in [-0.15, -0.1) is 0 Å². The molecule has 0 aliphatic carbocycles.